The predicted octanol–water partition coefficient (Wildman–Crippen LogP) is 1.93. The molecule has 0 saturated heterocycles. The molecule has 3 aromatic rings. The number of hydrogen-bond donors (Lipinski definition) is 0. The van der Waals surface area contributed by atoms with Crippen LogP contribution in [0.4, 0.5) is 0 Å². The molecular formula is C14H6IN3O2. The fourth-order valence-corrected chi connectivity index (χ4v) is 2.90. The molecule has 0 N–H and O–H groups in total. The number of rotatable bonds is 0. The summed E-state index contributed by atoms with van der Waals surface area (Å²) in [6.07, 6.45) is 3.04. The lowest BCUT2D eigenvalue weighted by Gasteiger charge is -2.04. The molecule has 0 saturated carbocycles. The summed E-state index contributed by atoms with van der Waals surface area (Å²) < 4.78 is 2.32. The van der Waals surface area contributed by atoms with Crippen LogP contribution in [0.1, 0.15) is 16.2 Å². The Labute approximate surface area is 126 Å². The van der Waals surface area contributed by atoms with E-state index in [0.29, 0.717) is 22.2 Å². The highest BCUT2D eigenvalue weighted by Crippen LogP contribution is 2.27. The van der Waals surface area contributed by atoms with Gasteiger partial charge in [-0.05, 0) is 46.9 Å². The number of aromatic nitrogens is 3. The zero-order valence-corrected chi connectivity index (χ0v) is 12.2. The van der Waals surface area contributed by atoms with Gasteiger partial charge in [0.2, 0.25) is 5.78 Å². The standard InChI is InChI=1S/C14H6IN3O2/c15-7-1-2-11-8(5-7)12(19)13-17-10-3-4-16-6-9(10)14(20)18(11)13/h1-6H. The summed E-state index contributed by atoms with van der Waals surface area (Å²) in [5, 5.41) is 0.412. The first-order valence-electron chi connectivity index (χ1n) is 5.88. The summed E-state index contributed by atoms with van der Waals surface area (Å²) in [6, 6.07) is 7.05. The van der Waals surface area contributed by atoms with E-state index in [0.717, 1.165) is 3.57 Å². The van der Waals surface area contributed by atoms with Crippen molar-refractivity contribution in [1.82, 2.24) is 14.5 Å². The number of ketones is 1. The van der Waals surface area contributed by atoms with Gasteiger partial charge in [-0.3, -0.25) is 19.1 Å². The number of carbonyl (C=O) groups excluding carboxylic acids is 1. The Hall–Kier alpha value is -2.09. The van der Waals surface area contributed by atoms with Crippen molar-refractivity contribution in [2.75, 3.05) is 0 Å². The second kappa shape index (κ2) is 3.95. The Morgan fingerprint density at radius 3 is 2.85 bits per heavy atom. The topological polar surface area (TPSA) is 64.8 Å². The van der Waals surface area contributed by atoms with Gasteiger partial charge in [-0.25, -0.2) is 4.98 Å². The van der Waals surface area contributed by atoms with Crippen LogP contribution in [0.2, 0.25) is 0 Å². The van der Waals surface area contributed by atoms with Gasteiger partial charge in [0.05, 0.1) is 22.2 Å². The summed E-state index contributed by atoms with van der Waals surface area (Å²) in [6.45, 7) is 0. The Balaban J connectivity index is 2.20. The first-order valence-corrected chi connectivity index (χ1v) is 6.96. The van der Waals surface area contributed by atoms with Crippen molar-refractivity contribution in [2.45, 2.75) is 0 Å². The average Bonchev–Trinajstić information content (AvgIpc) is 2.73. The van der Waals surface area contributed by atoms with Crippen LogP contribution in [0.25, 0.3) is 16.6 Å². The van der Waals surface area contributed by atoms with E-state index in [1.54, 1.807) is 24.4 Å². The van der Waals surface area contributed by atoms with Gasteiger partial charge in [-0.2, -0.15) is 0 Å². The minimum atomic E-state index is -0.258. The molecule has 1 aliphatic heterocycles. The molecule has 0 bridgehead atoms. The number of hydrogen-bond acceptors (Lipinski definition) is 4. The molecule has 3 heterocycles. The van der Waals surface area contributed by atoms with Crippen molar-refractivity contribution in [3.05, 3.63) is 62.0 Å². The first kappa shape index (κ1) is 11.7. The number of pyridine rings is 1. The minimum Gasteiger partial charge on any atom is -0.285 e. The number of nitrogens with zero attached hydrogens (tertiary/aromatic N) is 3. The van der Waals surface area contributed by atoms with Gasteiger partial charge < -0.3 is 0 Å². The lowest BCUT2D eigenvalue weighted by molar-refractivity contribution is 0.103. The smallest absolute Gasteiger partial charge is 0.267 e. The van der Waals surface area contributed by atoms with Crippen LogP contribution in [-0.4, -0.2) is 20.3 Å². The van der Waals surface area contributed by atoms with Crippen molar-refractivity contribution < 1.29 is 4.79 Å². The molecule has 1 aliphatic rings. The summed E-state index contributed by atoms with van der Waals surface area (Å²) >= 11 is 2.14. The van der Waals surface area contributed by atoms with Gasteiger partial charge in [0.1, 0.15) is 0 Å². The molecule has 0 atom stereocenters. The summed E-state index contributed by atoms with van der Waals surface area (Å²) in [5.74, 6) is -0.0416. The van der Waals surface area contributed by atoms with Gasteiger partial charge in [0, 0.05) is 16.0 Å². The van der Waals surface area contributed by atoms with E-state index >= 15 is 0 Å². The molecule has 0 unspecified atom stereocenters. The van der Waals surface area contributed by atoms with E-state index in [4.69, 9.17) is 0 Å². The second-order valence-electron chi connectivity index (χ2n) is 4.46. The van der Waals surface area contributed by atoms with Gasteiger partial charge in [-0.1, -0.05) is 0 Å². The summed E-state index contributed by atoms with van der Waals surface area (Å²) in [7, 11) is 0. The van der Waals surface area contributed by atoms with Crippen molar-refractivity contribution in [3.63, 3.8) is 0 Å². The lowest BCUT2D eigenvalue weighted by atomic mass is 10.1. The zero-order valence-electron chi connectivity index (χ0n) is 10.0. The van der Waals surface area contributed by atoms with E-state index in [2.05, 4.69) is 32.6 Å². The Morgan fingerprint density at radius 2 is 2.00 bits per heavy atom. The predicted molar refractivity (Wildman–Crippen MR) is 81.3 cm³/mol. The minimum absolute atomic E-state index is 0.172. The van der Waals surface area contributed by atoms with Crippen LogP contribution in [0.3, 0.4) is 0 Å². The van der Waals surface area contributed by atoms with Crippen molar-refractivity contribution >= 4 is 39.3 Å². The van der Waals surface area contributed by atoms with Crippen LogP contribution in [0, 0.1) is 3.57 Å². The Morgan fingerprint density at radius 1 is 1.15 bits per heavy atom. The third kappa shape index (κ3) is 1.42. The molecule has 5 nitrogen and oxygen atoms in total. The Kier molecular flexibility index (Phi) is 2.31. The molecule has 20 heavy (non-hydrogen) atoms. The number of carbonyl (C=O) groups is 1. The van der Waals surface area contributed by atoms with Gasteiger partial charge in [-0.15, -0.1) is 0 Å². The average molecular weight is 375 g/mol. The molecule has 0 amide bonds. The third-order valence-corrected chi connectivity index (χ3v) is 3.99. The van der Waals surface area contributed by atoms with E-state index in [1.165, 1.54) is 10.8 Å². The fourth-order valence-electron chi connectivity index (χ4n) is 2.41. The lowest BCUT2D eigenvalue weighted by Crippen LogP contribution is -2.21. The highest BCUT2D eigenvalue weighted by atomic mass is 127. The molecular weight excluding hydrogens is 369 g/mol. The highest BCUT2D eigenvalue weighted by Gasteiger charge is 2.30. The molecule has 6 heteroatoms. The summed E-state index contributed by atoms with van der Waals surface area (Å²) in [4.78, 5) is 33.2. The number of fused-ring (bicyclic) bond motifs is 4. The maximum Gasteiger partial charge on any atom is 0.267 e. The molecule has 1 aromatic carbocycles. The maximum atomic E-state index is 12.5. The molecule has 0 radical (unpaired) electrons. The zero-order chi connectivity index (χ0) is 13.9. The third-order valence-electron chi connectivity index (χ3n) is 3.32. The normalized spacial score (nSPS) is 12.6. The monoisotopic (exact) mass is 375 g/mol. The first-order chi connectivity index (χ1) is 9.66. The van der Waals surface area contributed by atoms with E-state index in [9.17, 15) is 9.59 Å². The fraction of sp³-hybridized carbons (Fsp3) is 0. The number of benzene rings is 1. The highest BCUT2D eigenvalue weighted by molar-refractivity contribution is 14.1. The van der Waals surface area contributed by atoms with Crippen LogP contribution >= 0.6 is 22.6 Å². The quantitative estimate of drug-likeness (QED) is 0.441. The van der Waals surface area contributed by atoms with E-state index < -0.39 is 0 Å². The largest absolute Gasteiger partial charge is 0.285 e. The molecule has 2 aromatic heterocycles. The van der Waals surface area contributed by atoms with Crippen molar-refractivity contribution in [3.8, 4) is 5.69 Å². The van der Waals surface area contributed by atoms with E-state index in [1.807, 2.05) is 6.07 Å². The van der Waals surface area contributed by atoms with E-state index in [-0.39, 0.29) is 17.2 Å². The van der Waals surface area contributed by atoms with Crippen LogP contribution < -0.4 is 5.56 Å². The molecule has 4 rings (SSSR count). The molecule has 0 spiro atoms. The SMILES string of the molecule is O=C1c2cc(I)ccc2-n2c1nc1ccncc1c2=O. The van der Waals surface area contributed by atoms with Gasteiger partial charge in [0.15, 0.2) is 5.82 Å². The van der Waals surface area contributed by atoms with Crippen molar-refractivity contribution in [2.24, 2.45) is 0 Å². The molecule has 0 aliphatic carbocycles. The Bertz CT molecular complexity index is 962. The number of halogens is 1. The van der Waals surface area contributed by atoms with Crippen LogP contribution in [-0.2, 0) is 0 Å². The van der Waals surface area contributed by atoms with Crippen LogP contribution in [0.5, 0.6) is 0 Å². The maximum absolute atomic E-state index is 12.5. The molecule has 96 valence electrons. The van der Waals surface area contributed by atoms with Gasteiger partial charge >= 0.3 is 0 Å². The van der Waals surface area contributed by atoms with Gasteiger partial charge in [0.25, 0.3) is 5.56 Å². The molecule has 0 fully saturated rings. The van der Waals surface area contributed by atoms with Crippen molar-refractivity contribution in [1.29, 1.82) is 0 Å². The van der Waals surface area contributed by atoms with Crippen LogP contribution in [0.15, 0.2) is 41.5 Å². The summed E-state index contributed by atoms with van der Waals surface area (Å²) in [5.41, 5.74) is 1.34. The second-order valence-corrected chi connectivity index (χ2v) is 5.71.